The van der Waals surface area contributed by atoms with Gasteiger partial charge in [-0.05, 0) is 148 Å². The van der Waals surface area contributed by atoms with Crippen molar-refractivity contribution in [2.75, 3.05) is 27.2 Å². The predicted octanol–water partition coefficient (Wildman–Crippen LogP) is 11.5. The maximum atomic E-state index is 14.0. The lowest BCUT2D eigenvalue weighted by molar-refractivity contribution is -0.191. The molecule has 22 nitrogen and oxygen atoms in total. The van der Waals surface area contributed by atoms with Gasteiger partial charge in [-0.15, -0.1) is 0 Å². The molecule has 3 N–H and O–H groups in total. The number of aromatic nitrogens is 4. The molecular weight excluding hydrogens is 1180 g/mol. The van der Waals surface area contributed by atoms with Gasteiger partial charge in [0.25, 0.3) is 0 Å². The lowest BCUT2D eigenvalue weighted by atomic mass is 10.0. The van der Waals surface area contributed by atoms with Crippen LogP contribution in [-0.4, -0.2) is 136 Å². The quantitative estimate of drug-likeness (QED) is 0.0654. The number of amides is 3. The van der Waals surface area contributed by atoms with Gasteiger partial charge in [-0.1, -0.05) is 51.9 Å². The highest BCUT2D eigenvalue weighted by Crippen LogP contribution is 2.31. The molecule has 4 aromatic rings. The second-order valence-corrected chi connectivity index (χ2v) is 25.3. The molecule has 0 bridgehead atoms. The van der Waals surface area contributed by atoms with Gasteiger partial charge in [-0.25, -0.2) is 46.3 Å². The van der Waals surface area contributed by atoms with Crippen molar-refractivity contribution in [2.45, 2.75) is 208 Å². The van der Waals surface area contributed by atoms with Crippen molar-refractivity contribution < 1.29 is 85.4 Å². The maximum absolute atomic E-state index is 14.0. The Hall–Kier alpha value is -7.86. The second kappa shape index (κ2) is 35.5. The van der Waals surface area contributed by atoms with Crippen LogP contribution in [0.15, 0.2) is 53.6 Å². The fourth-order valence-corrected chi connectivity index (χ4v) is 10.2. The van der Waals surface area contributed by atoms with Crippen molar-refractivity contribution in [3.63, 3.8) is 0 Å². The number of ether oxygens (including phenoxy) is 4. The summed E-state index contributed by atoms with van der Waals surface area (Å²) in [5, 5.41) is 40.3. The molecule has 26 heteroatoms. The average molecular weight is 1270 g/mol. The van der Waals surface area contributed by atoms with E-state index in [9.17, 15) is 41.5 Å². The van der Waals surface area contributed by atoms with Gasteiger partial charge in [0, 0.05) is 57.0 Å². The van der Waals surface area contributed by atoms with Crippen LogP contribution in [0.5, 0.6) is 11.8 Å². The maximum Gasteiger partial charge on any atom is 0.410 e. The van der Waals surface area contributed by atoms with Crippen LogP contribution in [0.1, 0.15) is 174 Å². The molecule has 1 unspecified atom stereocenters. The second-order valence-electron chi connectivity index (χ2n) is 25.3. The minimum atomic E-state index is -2.16. The normalized spacial score (nSPS) is 15.7. The van der Waals surface area contributed by atoms with E-state index >= 15 is 0 Å². The predicted molar refractivity (Wildman–Crippen MR) is 322 cm³/mol. The zero-order chi connectivity index (χ0) is 66.9. The number of carbonyl (C=O) groups is 5. The van der Waals surface area contributed by atoms with E-state index in [2.05, 4.69) is 22.2 Å². The first-order valence-corrected chi connectivity index (χ1v) is 30.5. The highest BCUT2D eigenvalue weighted by Gasteiger charge is 2.33. The molecule has 3 saturated carbocycles. The van der Waals surface area contributed by atoms with Crippen LogP contribution < -0.4 is 9.47 Å². The third-order valence-electron chi connectivity index (χ3n) is 14.7. The fourth-order valence-electron chi connectivity index (χ4n) is 10.2. The number of aliphatic carboxylic acids is 2. The number of halogens is 4. The Morgan fingerprint density at radius 2 is 1.03 bits per heavy atom. The van der Waals surface area contributed by atoms with Crippen molar-refractivity contribution in [3.8, 4) is 11.8 Å². The van der Waals surface area contributed by atoms with E-state index in [4.69, 9.17) is 43.9 Å². The summed E-state index contributed by atoms with van der Waals surface area (Å²) in [6.07, 6.45) is 15.4. The summed E-state index contributed by atoms with van der Waals surface area (Å²) >= 11 is 0. The molecule has 0 radical (unpaired) electrons. The number of hydrogen-bond acceptors (Lipinski definition) is 15. The number of rotatable bonds is 21. The molecule has 2 aromatic carbocycles. The summed E-state index contributed by atoms with van der Waals surface area (Å²) in [7, 11) is 3.31. The standard InChI is InChI=1S/C23H31F2N3O3.C19H24F2N2O.C16H27N3O3.C5H8O5.CO2/c1-23(2,3)31-22(29)27(4)14-19-12-21(28(26-19)13-16-7-5-6-8-16)30-15-17-11-18(24)9-10-20(17)25;1-2-5-17-11-19(23(22-17)12-14-6-3-4-7-14)24-13-15-10-16(20)8-9-18(15)21;1-16(2,3)22-15(21)18(4)11-13-9-14(20)19(17-13)10-12-7-5-6-8-12;1-5(10,4(8)9)2-3(6)7;2-1-3/h9-12,16H,5-8,13-15H2,1-4H3;8-11,14H,2-7,12-13H2,1H3;12H,5-11H2,1-4H3;10H,2H2,1H3,(H,6,7)(H,8,9);. The molecule has 3 aliphatic carbocycles. The molecule has 3 heterocycles. The van der Waals surface area contributed by atoms with Crippen LogP contribution in [0.4, 0.5) is 27.2 Å². The number of aliphatic hydroxyl groups is 1. The molecule has 90 heavy (non-hydrogen) atoms. The Labute approximate surface area is 523 Å². The van der Waals surface area contributed by atoms with Crippen LogP contribution in [0.25, 0.3) is 0 Å². The van der Waals surface area contributed by atoms with E-state index in [0.717, 1.165) is 87.4 Å². The molecule has 1 aliphatic heterocycles. The highest BCUT2D eigenvalue weighted by molar-refractivity contribution is 6.06. The summed E-state index contributed by atoms with van der Waals surface area (Å²) < 4.78 is 80.5. The molecular formula is C64H90F4N8O14. The van der Waals surface area contributed by atoms with Gasteiger partial charge < -0.3 is 44.1 Å². The van der Waals surface area contributed by atoms with Crippen molar-refractivity contribution >= 4 is 41.9 Å². The number of carboxylic acids is 2. The van der Waals surface area contributed by atoms with Gasteiger partial charge in [0.2, 0.25) is 17.7 Å². The molecule has 1 atom stereocenters. The number of nitrogens with zero attached hydrogens (tertiary/aromatic N) is 8. The summed E-state index contributed by atoms with van der Waals surface area (Å²) in [4.78, 5) is 75.3. The SMILES string of the molecule is CC(O)(CC(=O)O)C(=O)O.CCCc1cc(OCc2cc(F)ccc2F)n(CC2CCCC2)n1.CN(CC1=NN(CC2CCCC2)C(=O)C1)C(=O)OC(C)(C)C.CN(Cc1cc(OCc2cc(F)ccc2F)n(CC2CCCC2)n1)C(=O)OC(C)(C)C.O=C=O. The first-order valence-electron chi connectivity index (χ1n) is 30.5. The van der Waals surface area contributed by atoms with Gasteiger partial charge in [0.05, 0.1) is 43.0 Å². The molecule has 3 fully saturated rings. The lowest BCUT2D eigenvalue weighted by Gasteiger charge is -2.24. The molecule has 0 spiro atoms. The van der Waals surface area contributed by atoms with E-state index in [-0.39, 0.29) is 42.9 Å². The lowest BCUT2D eigenvalue weighted by Crippen LogP contribution is -2.37. The summed E-state index contributed by atoms with van der Waals surface area (Å²) in [5.74, 6) is -1.94. The Bertz CT molecular complexity index is 3040. The topological polar surface area (TPSA) is 275 Å². The summed E-state index contributed by atoms with van der Waals surface area (Å²) in [6, 6.07) is 10.4. The van der Waals surface area contributed by atoms with Gasteiger partial charge in [0.15, 0.2) is 5.60 Å². The minimum Gasteiger partial charge on any atom is -0.481 e. The number of carboxylic acid groups (broad SMARTS) is 2. The first kappa shape index (κ1) is 74.6. The van der Waals surface area contributed by atoms with Crippen molar-refractivity contribution in [1.29, 1.82) is 0 Å². The van der Waals surface area contributed by atoms with E-state index in [0.29, 0.717) is 54.7 Å². The largest absolute Gasteiger partial charge is 0.481 e. The van der Waals surface area contributed by atoms with Crippen LogP contribution >= 0.6 is 0 Å². The van der Waals surface area contributed by atoms with Crippen LogP contribution in [0.3, 0.4) is 0 Å². The Balaban J connectivity index is 0.000000265. The number of aryl methyl sites for hydroxylation is 1. The smallest absolute Gasteiger partial charge is 0.410 e. The average Bonchev–Trinajstić information content (AvgIpc) is 1.89. The van der Waals surface area contributed by atoms with E-state index in [1.807, 2.05) is 52.3 Å². The molecule has 8 rings (SSSR count). The molecule has 0 saturated heterocycles. The van der Waals surface area contributed by atoms with Crippen molar-refractivity contribution in [1.82, 2.24) is 34.4 Å². The van der Waals surface area contributed by atoms with E-state index in [1.165, 1.54) is 80.1 Å². The number of hydrazone groups is 1. The summed E-state index contributed by atoms with van der Waals surface area (Å²) in [5.41, 5.74) is -0.542. The van der Waals surface area contributed by atoms with Gasteiger partial charge in [-0.3, -0.25) is 9.59 Å². The third kappa shape index (κ3) is 26.7. The summed E-state index contributed by atoms with van der Waals surface area (Å²) in [6.45, 7) is 16.7. The number of hydrogen-bond donors (Lipinski definition) is 3. The van der Waals surface area contributed by atoms with Crippen LogP contribution in [-0.2, 0) is 72.7 Å². The number of benzene rings is 2. The Morgan fingerprint density at radius 1 is 0.633 bits per heavy atom. The number of carbonyl (C=O) groups excluding carboxylic acids is 5. The van der Waals surface area contributed by atoms with Crippen molar-refractivity contribution in [3.05, 3.63) is 94.3 Å². The first-order chi connectivity index (χ1) is 42.3. The van der Waals surface area contributed by atoms with E-state index < -0.39 is 70.6 Å². The zero-order valence-corrected chi connectivity index (χ0v) is 53.5. The molecule has 2 aromatic heterocycles. The fraction of sp³-hybridized carbons (Fsp3) is 0.609. The van der Waals surface area contributed by atoms with Gasteiger partial charge >= 0.3 is 30.3 Å². The van der Waals surface area contributed by atoms with Gasteiger partial charge in [0.1, 0.15) is 47.7 Å². The van der Waals surface area contributed by atoms with Crippen molar-refractivity contribution in [2.24, 2.45) is 22.9 Å². The van der Waals surface area contributed by atoms with Crippen LogP contribution in [0.2, 0.25) is 0 Å². The molecule has 3 amide bonds. The molecule has 4 aliphatic rings. The van der Waals surface area contributed by atoms with Gasteiger partial charge in [-0.2, -0.15) is 24.9 Å². The van der Waals surface area contributed by atoms with E-state index in [1.54, 1.807) is 29.9 Å². The molecule has 498 valence electrons. The monoisotopic (exact) mass is 1270 g/mol. The Kier molecular flexibility index (Phi) is 29.4. The third-order valence-corrected chi connectivity index (χ3v) is 14.7. The van der Waals surface area contributed by atoms with Crippen LogP contribution in [0, 0.1) is 41.0 Å². The minimum absolute atomic E-state index is 0.00547. The zero-order valence-electron chi connectivity index (χ0n) is 53.5. The Morgan fingerprint density at radius 3 is 1.42 bits per heavy atom. The highest BCUT2D eigenvalue weighted by atomic mass is 19.1.